The zero-order valence-electron chi connectivity index (χ0n) is 12.7. The molecule has 1 atom stereocenters. The SMILES string of the molecule is CCC1CN(CC(=O)N2CCC(C(=O)NN)CC2)CCS1. The number of hydrogen-bond donors (Lipinski definition) is 2. The molecule has 0 radical (unpaired) electrons. The molecule has 0 saturated carbocycles. The van der Waals surface area contributed by atoms with E-state index in [2.05, 4.69) is 17.2 Å². The van der Waals surface area contributed by atoms with Gasteiger partial charge in [-0.1, -0.05) is 6.92 Å². The third-order valence-electron chi connectivity index (χ3n) is 4.40. The van der Waals surface area contributed by atoms with Crippen molar-refractivity contribution >= 4 is 23.6 Å². The Morgan fingerprint density at radius 2 is 2.00 bits per heavy atom. The van der Waals surface area contributed by atoms with Gasteiger partial charge in [-0.2, -0.15) is 11.8 Å². The molecule has 2 fully saturated rings. The van der Waals surface area contributed by atoms with Crippen LogP contribution in [0, 0.1) is 5.92 Å². The van der Waals surface area contributed by atoms with Gasteiger partial charge in [0.15, 0.2) is 0 Å². The predicted molar refractivity (Wildman–Crippen MR) is 84.6 cm³/mol. The zero-order valence-corrected chi connectivity index (χ0v) is 13.5. The molecule has 0 spiro atoms. The Bertz CT molecular complexity index is 372. The van der Waals surface area contributed by atoms with E-state index in [0.29, 0.717) is 37.7 Å². The molecule has 2 rings (SSSR count). The normalized spacial score (nSPS) is 24.9. The molecule has 2 saturated heterocycles. The summed E-state index contributed by atoms with van der Waals surface area (Å²) >= 11 is 2.01. The topological polar surface area (TPSA) is 78.7 Å². The van der Waals surface area contributed by atoms with Crippen molar-refractivity contribution in [1.82, 2.24) is 15.2 Å². The highest BCUT2D eigenvalue weighted by Gasteiger charge is 2.28. The molecule has 0 aliphatic carbocycles. The fourth-order valence-electron chi connectivity index (χ4n) is 2.97. The average Bonchev–Trinajstić information content (AvgIpc) is 2.54. The molecular formula is C14H26N4O2S. The highest BCUT2D eigenvalue weighted by atomic mass is 32.2. The lowest BCUT2D eigenvalue weighted by Crippen LogP contribution is -2.49. The number of carbonyl (C=O) groups excluding carboxylic acids is 2. The first-order valence-corrected chi connectivity index (χ1v) is 8.81. The maximum absolute atomic E-state index is 12.4. The van der Waals surface area contributed by atoms with Crippen molar-refractivity contribution in [3.05, 3.63) is 0 Å². The van der Waals surface area contributed by atoms with Gasteiger partial charge in [0, 0.05) is 43.1 Å². The molecule has 2 heterocycles. The standard InChI is InChI=1S/C14H26N4O2S/c1-2-12-9-17(7-8-21-12)10-13(19)18-5-3-11(4-6-18)14(20)16-15/h11-12H,2-10,15H2,1H3,(H,16,20). The number of hydrazine groups is 1. The lowest BCUT2D eigenvalue weighted by atomic mass is 9.96. The lowest BCUT2D eigenvalue weighted by molar-refractivity contribution is -0.136. The number of piperidine rings is 1. The van der Waals surface area contributed by atoms with E-state index >= 15 is 0 Å². The van der Waals surface area contributed by atoms with Gasteiger partial charge in [-0.3, -0.25) is 19.9 Å². The molecule has 0 aromatic rings. The van der Waals surface area contributed by atoms with Crippen LogP contribution < -0.4 is 11.3 Å². The molecule has 0 bridgehead atoms. The minimum atomic E-state index is -0.110. The van der Waals surface area contributed by atoms with E-state index in [-0.39, 0.29) is 17.7 Å². The second-order valence-corrected chi connectivity index (χ2v) is 7.21. The fourth-order valence-corrected chi connectivity index (χ4v) is 4.22. The van der Waals surface area contributed by atoms with Gasteiger partial charge in [0.1, 0.15) is 0 Å². The van der Waals surface area contributed by atoms with Gasteiger partial charge in [-0.05, 0) is 19.3 Å². The van der Waals surface area contributed by atoms with Gasteiger partial charge in [-0.25, -0.2) is 5.84 Å². The molecule has 7 heteroatoms. The first-order chi connectivity index (χ1) is 10.1. The van der Waals surface area contributed by atoms with Crippen LogP contribution >= 0.6 is 11.8 Å². The van der Waals surface area contributed by atoms with Crippen molar-refractivity contribution in [3.8, 4) is 0 Å². The van der Waals surface area contributed by atoms with Crippen LogP contribution in [-0.2, 0) is 9.59 Å². The minimum absolute atomic E-state index is 0.0464. The minimum Gasteiger partial charge on any atom is -0.342 e. The number of hydrogen-bond acceptors (Lipinski definition) is 5. The molecule has 6 nitrogen and oxygen atoms in total. The number of nitrogens with one attached hydrogen (secondary N) is 1. The van der Waals surface area contributed by atoms with Crippen molar-refractivity contribution in [1.29, 1.82) is 0 Å². The Kier molecular flexibility index (Phi) is 6.32. The first kappa shape index (κ1) is 16.6. The predicted octanol–water partition coefficient (Wildman–Crippen LogP) is 0.0423. The third kappa shape index (κ3) is 4.59. The van der Waals surface area contributed by atoms with Crippen LogP contribution in [0.1, 0.15) is 26.2 Å². The van der Waals surface area contributed by atoms with E-state index in [0.717, 1.165) is 25.3 Å². The monoisotopic (exact) mass is 314 g/mol. The highest BCUT2D eigenvalue weighted by Crippen LogP contribution is 2.22. The summed E-state index contributed by atoms with van der Waals surface area (Å²) in [5.74, 6) is 6.31. The number of rotatable bonds is 4. The van der Waals surface area contributed by atoms with Gasteiger partial charge in [-0.15, -0.1) is 0 Å². The summed E-state index contributed by atoms with van der Waals surface area (Å²) in [5, 5.41) is 0.658. The zero-order chi connectivity index (χ0) is 15.2. The maximum atomic E-state index is 12.4. The van der Waals surface area contributed by atoms with Crippen LogP contribution in [0.3, 0.4) is 0 Å². The Morgan fingerprint density at radius 3 is 2.62 bits per heavy atom. The molecule has 2 amide bonds. The maximum Gasteiger partial charge on any atom is 0.237 e. The van der Waals surface area contributed by atoms with Crippen molar-refractivity contribution in [3.63, 3.8) is 0 Å². The number of amides is 2. The third-order valence-corrected chi connectivity index (χ3v) is 5.77. The van der Waals surface area contributed by atoms with Crippen molar-refractivity contribution in [2.75, 3.05) is 38.5 Å². The molecule has 3 N–H and O–H groups in total. The van der Waals surface area contributed by atoms with Gasteiger partial charge in [0.05, 0.1) is 6.54 Å². The molecule has 0 aromatic carbocycles. The Hall–Kier alpha value is -0.790. The summed E-state index contributed by atoms with van der Waals surface area (Å²) < 4.78 is 0. The van der Waals surface area contributed by atoms with E-state index in [1.54, 1.807) is 0 Å². The Morgan fingerprint density at radius 1 is 1.29 bits per heavy atom. The molecule has 1 unspecified atom stereocenters. The van der Waals surface area contributed by atoms with Crippen LogP contribution in [0.25, 0.3) is 0 Å². The summed E-state index contributed by atoms with van der Waals surface area (Å²) in [6, 6.07) is 0. The van der Waals surface area contributed by atoms with E-state index in [4.69, 9.17) is 5.84 Å². The molecule has 21 heavy (non-hydrogen) atoms. The van der Waals surface area contributed by atoms with Gasteiger partial charge in [0.25, 0.3) is 0 Å². The van der Waals surface area contributed by atoms with Crippen molar-refractivity contribution < 1.29 is 9.59 Å². The molecule has 2 aliphatic rings. The van der Waals surface area contributed by atoms with Gasteiger partial charge >= 0.3 is 0 Å². The number of nitrogens with zero attached hydrogens (tertiary/aromatic N) is 2. The van der Waals surface area contributed by atoms with E-state index in [1.165, 1.54) is 0 Å². The average molecular weight is 314 g/mol. The fraction of sp³-hybridized carbons (Fsp3) is 0.857. The highest BCUT2D eigenvalue weighted by molar-refractivity contribution is 8.00. The van der Waals surface area contributed by atoms with E-state index in [1.807, 2.05) is 16.7 Å². The summed E-state index contributed by atoms with van der Waals surface area (Å²) in [5.41, 5.74) is 2.20. The van der Waals surface area contributed by atoms with Crippen LogP contribution in [0.2, 0.25) is 0 Å². The number of carbonyl (C=O) groups is 2. The summed E-state index contributed by atoms with van der Waals surface area (Å²) in [6.45, 7) is 6.06. The number of thioether (sulfide) groups is 1. The second kappa shape index (κ2) is 8.00. The number of nitrogens with two attached hydrogens (primary N) is 1. The smallest absolute Gasteiger partial charge is 0.237 e. The Labute approximate surface area is 130 Å². The van der Waals surface area contributed by atoms with Gasteiger partial charge in [0.2, 0.25) is 11.8 Å². The molecule has 0 aromatic heterocycles. The first-order valence-electron chi connectivity index (χ1n) is 7.76. The van der Waals surface area contributed by atoms with E-state index in [9.17, 15) is 9.59 Å². The van der Waals surface area contributed by atoms with Crippen LogP contribution in [0.5, 0.6) is 0 Å². The lowest BCUT2D eigenvalue weighted by Gasteiger charge is -2.35. The second-order valence-electron chi connectivity index (χ2n) is 5.80. The molecular weight excluding hydrogens is 288 g/mol. The number of likely N-dealkylation sites (tertiary alicyclic amines) is 1. The van der Waals surface area contributed by atoms with E-state index < -0.39 is 0 Å². The largest absolute Gasteiger partial charge is 0.342 e. The Balaban J connectivity index is 1.75. The van der Waals surface area contributed by atoms with Crippen molar-refractivity contribution in [2.24, 2.45) is 11.8 Å². The quantitative estimate of drug-likeness (QED) is 0.435. The van der Waals surface area contributed by atoms with Gasteiger partial charge < -0.3 is 4.90 Å². The summed E-state index contributed by atoms with van der Waals surface area (Å²) in [7, 11) is 0. The van der Waals surface area contributed by atoms with Crippen LogP contribution in [0.4, 0.5) is 0 Å². The van der Waals surface area contributed by atoms with Crippen molar-refractivity contribution in [2.45, 2.75) is 31.4 Å². The molecule has 120 valence electrons. The van der Waals surface area contributed by atoms with Crippen LogP contribution in [0.15, 0.2) is 0 Å². The summed E-state index contributed by atoms with van der Waals surface area (Å²) in [6.07, 6.45) is 2.58. The van der Waals surface area contributed by atoms with Crippen LogP contribution in [-0.4, -0.2) is 65.3 Å². The molecule has 2 aliphatic heterocycles. The summed E-state index contributed by atoms with van der Waals surface area (Å²) in [4.78, 5) is 28.0.